The fraction of sp³-hybridized carbons (Fsp3) is 0.406. The maximum Gasteiger partial charge on any atom is 0.305 e. The van der Waals surface area contributed by atoms with Crippen LogP contribution in [0.25, 0.3) is 11.1 Å². The first-order chi connectivity index (χ1) is 16.7. The monoisotopic (exact) mass is 472 g/mol. The molecule has 1 unspecified atom stereocenters. The average molecular weight is 473 g/mol. The summed E-state index contributed by atoms with van der Waals surface area (Å²) in [4.78, 5) is 11.8. The number of carbonyl (C=O) groups is 1. The Morgan fingerprint density at radius 2 is 1.54 bits per heavy atom. The Kier molecular flexibility index (Phi) is 9.14. The van der Waals surface area contributed by atoms with Crippen molar-refractivity contribution in [3.8, 4) is 22.6 Å². The van der Waals surface area contributed by atoms with Gasteiger partial charge in [-0.05, 0) is 83.5 Å². The van der Waals surface area contributed by atoms with E-state index in [1.54, 1.807) is 0 Å². The van der Waals surface area contributed by atoms with Gasteiger partial charge in [0.1, 0.15) is 11.5 Å². The Morgan fingerprint density at radius 3 is 2.14 bits per heavy atom. The van der Waals surface area contributed by atoms with Crippen molar-refractivity contribution >= 4 is 5.97 Å². The summed E-state index contributed by atoms with van der Waals surface area (Å²) in [6, 6.07) is 23.6. The minimum Gasteiger partial charge on any atom is -0.466 e. The Balaban J connectivity index is 1.86. The molecule has 3 aromatic carbocycles. The first kappa shape index (κ1) is 26.5. The zero-order valence-electron chi connectivity index (χ0n) is 22.2. The second-order valence-corrected chi connectivity index (χ2v) is 10.3. The molecule has 0 N–H and O–H groups in total. The van der Waals surface area contributed by atoms with Crippen LogP contribution in [0.5, 0.6) is 11.5 Å². The topological polar surface area (TPSA) is 35.5 Å². The number of benzene rings is 3. The van der Waals surface area contributed by atoms with Gasteiger partial charge in [0.05, 0.1) is 6.61 Å². The van der Waals surface area contributed by atoms with E-state index >= 15 is 0 Å². The predicted octanol–water partition coefficient (Wildman–Crippen LogP) is 8.84. The molecule has 1 atom stereocenters. The Morgan fingerprint density at radius 1 is 0.886 bits per heavy atom. The van der Waals surface area contributed by atoms with Crippen molar-refractivity contribution < 1.29 is 14.3 Å². The molecule has 0 aliphatic carbocycles. The Labute approximate surface area is 211 Å². The van der Waals surface area contributed by atoms with Gasteiger partial charge in [-0.3, -0.25) is 4.79 Å². The van der Waals surface area contributed by atoms with Crippen molar-refractivity contribution in [1.29, 1.82) is 0 Å². The smallest absolute Gasteiger partial charge is 0.305 e. The van der Waals surface area contributed by atoms with Crippen LogP contribution in [0.1, 0.15) is 83.4 Å². The largest absolute Gasteiger partial charge is 0.466 e. The molecule has 0 radical (unpaired) electrons. The van der Waals surface area contributed by atoms with Crippen molar-refractivity contribution in [2.24, 2.45) is 0 Å². The van der Waals surface area contributed by atoms with Gasteiger partial charge in [0.2, 0.25) is 0 Å². The number of carbonyl (C=O) groups excluding carboxylic acids is 1. The normalized spacial score (nSPS) is 12.3. The van der Waals surface area contributed by atoms with Gasteiger partial charge in [-0.2, -0.15) is 0 Å². The van der Waals surface area contributed by atoms with Crippen molar-refractivity contribution in [3.63, 3.8) is 0 Å². The van der Waals surface area contributed by atoms with Gasteiger partial charge < -0.3 is 9.47 Å². The summed E-state index contributed by atoms with van der Waals surface area (Å²) in [5, 5.41) is 0. The summed E-state index contributed by atoms with van der Waals surface area (Å²) >= 11 is 0. The molecular weight excluding hydrogens is 432 g/mol. The zero-order valence-corrected chi connectivity index (χ0v) is 22.2. The molecule has 35 heavy (non-hydrogen) atoms. The first-order valence-corrected chi connectivity index (χ1v) is 12.9. The molecule has 0 amide bonds. The van der Waals surface area contributed by atoms with Gasteiger partial charge in [-0.25, -0.2) is 0 Å². The summed E-state index contributed by atoms with van der Waals surface area (Å²) in [5.41, 5.74) is 6.11. The summed E-state index contributed by atoms with van der Waals surface area (Å²) in [5.74, 6) is 2.06. The van der Waals surface area contributed by atoms with Gasteiger partial charge >= 0.3 is 5.97 Å². The van der Waals surface area contributed by atoms with Crippen molar-refractivity contribution in [2.75, 3.05) is 6.61 Å². The van der Waals surface area contributed by atoms with E-state index in [9.17, 15) is 4.79 Å². The Hall–Kier alpha value is -3.07. The number of aryl methyl sites for hydroxylation is 1. The van der Waals surface area contributed by atoms with Crippen LogP contribution < -0.4 is 4.74 Å². The number of hydrogen-bond donors (Lipinski definition) is 0. The lowest BCUT2D eigenvalue weighted by Gasteiger charge is -2.19. The maximum absolute atomic E-state index is 11.8. The van der Waals surface area contributed by atoms with Crippen LogP contribution in [0.4, 0.5) is 0 Å². The molecule has 0 heterocycles. The lowest BCUT2D eigenvalue weighted by Crippen LogP contribution is -2.10. The first-order valence-electron chi connectivity index (χ1n) is 12.9. The SMILES string of the molecule is CCOC(=O)CCCc1ccc(-c2ccc(C(C)CC)cc2)cc1Oc1ccc(C(C)(C)C)cc1. The second-order valence-electron chi connectivity index (χ2n) is 10.3. The highest BCUT2D eigenvalue weighted by Crippen LogP contribution is 2.34. The van der Waals surface area contributed by atoms with Crippen LogP contribution in [-0.4, -0.2) is 12.6 Å². The number of ether oxygens (including phenoxy) is 2. The molecule has 0 saturated carbocycles. The molecule has 0 spiro atoms. The third-order valence-electron chi connectivity index (χ3n) is 6.57. The third kappa shape index (κ3) is 7.45. The fourth-order valence-corrected chi connectivity index (χ4v) is 4.08. The van der Waals surface area contributed by atoms with Crippen LogP contribution in [0.15, 0.2) is 66.7 Å². The molecule has 0 aliphatic rings. The molecule has 0 bridgehead atoms. The molecule has 186 valence electrons. The third-order valence-corrected chi connectivity index (χ3v) is 6.57. The van der Waals surface area contributed by atoms with E-state index in [-0.39, 0.29) is 11.4 Å². The predicted molar refractivity (Wildman–Crippen MR) is 145 cm³/mol. The van der Waals surface area contributed by atoms with E-state index in [1.807, 2.05) is 19.1 Å². The molecular formula is C32H40O3. The molecule has 3 heteroatoms. The fourth-order valence-electron chi connectivity index (χ4n) is 4.08. The molecule has 0 fully saturated rings. The summed E-state index contributed by atoms with van der Waals surface area (Å²) in [7, 11) is 0. The molecule has 0 aromatic heterocycles. The standard InChI is InChI=1S/C32H40O3/c1-7-23(3)24-12-14-25(15-13-24)27-17-16-26(10-9-11-31(33)34-8-2)30(22-27)35-29-20-18-28(19-21-29)32(4,5)6/h12-23H,7-11H2,1-6H3. The molecule has 0 saturated heterocycles. The van der Waals surface area contributed by atoms with E-state index in [0.717, 1.165) is 41.9 Å². The van der Waals surface area contributed by atoms with Crippen LogP contribution in [0.2, 0.25) is 0 Å². The van der Waals surface area contributed by atoms with Crippen molar-refractivity contribution in [3.05, 3.63) is 83.4 Å². The van der Waals surface area contributed by atoms with E-state index < -0.39 is 0 Å². The van der Waals surface area contributed by atoms with Gasteiger partial charge in [0.25, 0.3) is 0 Å². The van der Waals surface area contributed by atoms with Crippen LogP contribution in [0, 0.1) is 0 Å². The number of esters is 1. The lowest BCUT2D eigenvalue weighted by molar-refractivity contribution is -0.143. The van der Waals surface area contributed by atoms with Crippen LogP contribution >= 0.6 is 0 Å². The summed E-state index contributed by atoms with van der Waals surface area (Å²) in [6.07, 6.45) is 3.01. The molecule has 0 aliphatic heterocycles. The molecule has 3 aromatic rings. The van der Waals surface area contributed by atoms with E-state index in [1.165, 1.54) is 16.7 Å². The summed E-state index contributed by atoms with van der Waals surface area (Å²) < 4.78 is 11.5. The van der Waals surface area contributed by atoms with Crippen LogP contribution in [-0.2, 0) is 21.4 Å². The van der Waals surface area contributed by atoms with Gasteiger partial charge in [0, 0.05) is 6.42 Å². The van der Waals surface area contributed by atoms with Crippen LogP contribution in [0.3, 0.4) is 0 Å². The summed E-state index contributed by atoms with van der Waals surface area (Å²) in [6.45, 7) is 13.4. The maximum atomic E-state index is 11.8. The van der Waals surface area contributed by atoms with E-state index in [2.05, 4.69) is 89.2 Å². The van der Waals surface area contributed by atoms with Gasteiger partial charge in [-0.15, -0.1) is 0 Å². The minimum atomic E-state index is -0.147. The van der Waals surface area contributed by atoms with Gasteiger partial charge in [-0.1, -0.05) is 83.1 Å². The second kappa shape index (κ2) is 12.1. The lowest BCUT2D eigenvalue weighted by atomic mass is 9.87. The number of hydrogen-bond acceptors (Lipinski definition) is 3. The van der Waals surface area contributed by atoms with E-state index in [4.69, 9.17) is 9.47 Å². The highest BCUT2D eigenvalue weighted by Gasteiger charge is 2.14. The van der Waals surface area contributed by atoms with E-state index in [0.29, 0.717) is 18.9 Å². The van der Waals surface area contributed by atoms with Gasteiger partial charge in [0.15, 0.2) is 0 Å². The quantitative estimate of drug-likeness (QED) is 0.276. The highest BCUT2D eigenvalue weighted by molar-refractivity contribution is 5.69. The molecule has 3 nitrogen and oxygen atoms in total. The number of rotatable bonds is 10. The van der Waals surface area contributed by atoms with Crippen molar-refractivity contribution in [2.45, 2.75) is 78.6 Å². The minimum absolute atomic E-state index is 0.0954. The Bertz CT molecular complexity index is 1090. The average Bonchev–Trinajstić information content (AvgIpc) is 2.84. The van der Waals surface area contributed by atoms with Crippen molar-refractivity contribution in [1.82, 2.24) is 0 Å². The zero-order chi connectivity index (χ0) is 25.4. The highest BCUT2D eigenvalue weighted by atomic mass is 16.5. The molecule has 3 rings (SSSR count).